The zero-order chi connectivity index (χ0) is 32.9. The number of piperidine rings is 2. The Labute approximate surface area is 273 Å². The van der Waals surface area contributed by atoms with E-state index in [4.69, 9.17) is 0 Å². The smallest absolute Gasteiger partial charge is 0.243 e. The van der Waals surface area contributed by atoms with E-state index < -0.39 is 20.0 Å². The zero-order valence-electron chi connectivity index (χ0n) is 28.7. The van der Waals surface area contributed by atoms with E-state index in [2.05, 4.69) is 31.0 Å². The quantitative estimate of drug-likeness (QED) is 0.303. The van der Waals surface area contributed by atoms with E-state index in [0.29, 0.717) is 70.3 Å². The van der Waals surface area contributed by atoms with Gasteiger partial charge in [0.15, 0.2) is 0 Å². The van der Waals surface area contributed by atoms with Gasteiger partial charge in [0.05, 0.1) is 9.79 Å². The number of benzene rings is 2. The fourth-order valence-corrected chi connectivity index (χ4v) is 11.3. The van der Waals surface area contributed by atoms with Crippen molar-refractivity contribution in [2.24, 2.45) is 0 Å². The third-order valence-electron chi connectivity index (χ3n) is 9.66. The van der Waals surface area contributed by atoms with Crippen molar-refractivity contribution in [3.63, 3.8) is 0 Å². The molecule has 2 aliphatic heterocycles. The molecule has 252 valence electrons. The molecular weight excluding hydrogens is 605 g/mol. The van der Waals surface area contributed by atoms with Crippen LogP contribution in [0.1, 0.15) is 92.7 Å². The van der Waals surface area contributed by atoms with Crippen molar-refractivity contribution in [2.75, 3.05) is 45.8 Å². The molecular formula is C35H56N4O4S2. The molecule has 0 aromatic heterocycles. The van der Waals surface area contributed by atoms with Crippen LogP contribution >= 0.6 is 0 Å². The minimum absolute atomic E-state index is 0.235. The summed E-state index contributed by atoms with van der Waals surface area (Å²) in [6.45, 7) is 19.0. The highest BCUT2D eigenvalue weighted by molar-refractivity contribution is 7.89. The number of hydrogen-bond donors (Lipinski definition) is 1. The number of sulfonamides is 2. The number of nitrogens with zero attached hydrogens (tertiary/aromatic N) is 3. The van der Waals surface area contributed by atoms with E-state index in [1.54, 1.807) is 8.61 Å². The molecule has 0 saturated carbocycles. The highest BCUT2D eigenvalue weighted by atomic mass is 32.2. The van der Waals surface area contributed by atoms with Crippen LogP contribution in [0, 0.1) is 27.7 Å². The molecule has 45 heavy (non-hydrogen) atoms. The van der Waals surface area contributed by atoms with E-state index in [1.807, 2.05) is 52.0 Å². The predicted octanol–water partition coefficient (Wildman–Crippen LogP) is 5.55. The van der Waals surface area contributed by atoms with Crippen molar-refractivity contribution in [1.29, 1.82) is 0 Å². The maximum atomic E-state index is 14.4. The second-order valence-corrected chi connectivity index (χ2v) is 16.9. The standard InChI is InChI=1S/C35H56N4O4S2/c1-8-11-16-37(10-3)33-14-19-39(20-15-33)45(42,43)35-29(7)22-27(5)24-31(35)25-30-23-26(4)21-28(6)34(30)44(40,41)38-17-12-32(13-18-38)36-9-2/h21-24,32-33,36H,8-20,25H2,1-7H3. The highest BCUT2D eigenvalue weighted by Gasteiger charge is 2.36. The highest BCUT2D eigenvalue weighted by Crippen LogP contribution is 2.34. The molecule has 0 aliphatic carbocycles. The Hall–Kier alpha value is -1.82. The molecule has 0 radical (unpaired) electrons. The summed E-state index contributed by atoms with van der Waals surface area (Å²) < 4.78 is 60.4. The van der Waals surface area contributed by atoms with Crippen molar-refractivity contribution in [1.82, 2.24) is 18.8 Å². The minimum Gasteiger partial charge on any atom is -0.314 e. The summed E-state index contributed by atoms with van der Waals surface area (Å²) in [7, 11) is -7.56. The number of hydrogen-bond acceptors (Lipinski definition) is 6. The first-order chi connectivity index (χ1) is 21.3. The van der Waals surface area contributed by atoms with Crippen LogP contribution in [-0.2, 0) is 26.5 Å². The average molecular weight is 661 g/mol. The van der Waals surface area contributed by atoms with E-state index in [9.17, 15) is 16.8 Å². The Morgan fingerprint density at radius 1 is 0.733 bits per heavy atom. The van der Waals surface area contributed by atoms with Gasteiger partial charge in [-0.15, -0.1) is 0 Å². The third kappa shape index (κ3) is 8.19. The molecule has 8 nitrogen and oxygen atoms in total. The topological polar surface area (TPSA) is 90.0 Å². The van der Waals surface area contributed by atoms with Gasteiger partial charge in [-0.3, -0.25) is 0 Å². The Bertz CT molecular complexity index is 1530. The van der Waals surface area contributed by atoms with Gasteiger partial charge in [-0.2, -0.15) is 8.61 Å². The molecule has 2 aromatic carbocycles. The molecule has 0 unspecified atom stereocenters. The van der Waals surface area contributed by atoms with E-state index in [-0.39, 0.29) is 6.42 Å². The number of unbranched alkanes of at least 4 members (excludes halogenated alkanes) is 1. The first-order valence-corrected chi connectivity index (χ1v) is 19.9. The lowest BCUT2D eigenvalue weighted by molar-refractivity contribution is 0.144. The molecule has 0 spiro atoms. The second kappa shape index (κ2) is 15.4. The lowest BCUT2D eigenvalue weighted by Gasteiger charge is -2.38. The van der Waals surface area contributed by atoms with Crippen LogP contribution in [0.3, 0.4) is 0 Å². The molecule has 4 rings (SSSR count). The molecule has 2 heterocycles. The molecule has 2 aromatic rings. The third-order valence-corrected chi connectivity index (χ3v) is 14.0. The van der Waals surface area contributed by atoms with Gasteiger partial charge >= 0.3 is 0 Å². The Morgan fingerprint density at radius 2 is 1.20 bits per heavy atom. The van der Waals surface area contributed by atoms with Gasteiger partial charge in [-0.25, -0.2) is 16.8 Å². The average Bonchev–Trinajstić information content (AvgIpc) is 2.97. The van der Waals surface area contributed by atoms with Crippen LogP contribution in [0.25, 0.3) is 0 Å². The molecule has 2 fully saturated rings. The summed E-state index contributed by atoms with van der Waals surface area (Å²) in [6, 6.07) is 8.45. The van der Waals surface area contributed by atoms with E-state index in [0.717, 1.165) is 69.3 Å². The van der Waals surface area contributed by atoms with Gasteiger partial charge in [0.2, 0.25) is 20.0 Å². The van der Waals surface area contributed by atoms with Crippen molar-refractivity contribution < 1.29 is 16.8 Å². The maximum absolute atomic E-state index is 14.4. The van der Waals surface area contributed by atoms with Crippen molar-refractivity contribution in [3.8, 4) is 0 Å². The summed E-state index contributed by atoms with van der Waals surface area (Å²) in [4.78, 5) is 3.16. The van der Waals surface area contributed by atoms with Gasteiger partial charge in [0.1, 0.15) is 0 Å². The summed E-state index contributed by atoms with van der Waals surface area (Å²) >= 11 is 0. The maximum Gasteiger partial charge on any atom is 0.243 e. The fraction of sp³-hybridized carbons (Fsp3) is 0.657. The van der Waals surface area contributed by atoms with Gasteiger partial charge in [-0.1, -0.05) is 62.6 Å². The molecule has 10 heteroatoms. The van der Waals surface area contributed by atoms with Crippen molar-refractivity contribution in [2.45, 2.75) is 115 Å². The van der Waals surface area contributed by atoms with Crippen molar-refractivity contribution in [3.05, 3.63) is 57.6 Å². The number of aryl methyl sites for hydroxylation is 4. The normalized spacial score (nSPS) is 18.2. The van der Waals surface area contributed by atoms with E-state index >= 15 is 0 Å². The number of rotatable bonds is 13. The van der Waals surface area contributed by atoms with Gasteiger partial charge in [0, 0.05) is 44.7 Å². The first-order valence-electron chi connectivity index (χ1n) is 17.0. The van der Waals surface area contributed by atoms with Crippen LogP contribution in [0.2, 0.25) is 0 Å². The zero-order valence-corrected chi connectivity index (χ0v) is 30.3. The molecule has 0 atom stereocenters. The molecule has 2 aliphatic rings. The molecule has 0 bridgehead atoms. The van der Waals surface area contributed by atoms with Crippen molar-refractivity contribution >= 4 is 20.0 Å². The SMILES string of the molecule is CCCCN(CC)C1CCN(S(=O)(=O)c2c(C)cc(C)cc2Cc2cc(C)cc(C)c2S(=O)(=O)N2CCC(NCC)CC2)CC1. The summed E-state index contributed by atoms with van der Waals surface area (Å²) in [5.74, 6) is 0. The summed E-state index contributed by atoms with van der Waals surface area (Å²) in [5, 5.41) is 3.45. The van der Waals surface area contributed by atoms with Crippen LogP contribution < -0.4 is 5.32 Å². The monoisotopic (exact) mass is 660 g/mol. The van der Waals surface area contributed by atoms with Gasteiger partial charge < -0.3 is 10.2 Å². The Kier molecular flexibility index (Phi) is 12.3. The lowest BCUT2D eigenvalue weighted by atomic mass is 9.98. The lowest BCUT2D eigenvalue weighted by Crippen LogP contribution is -2.47. The van der Waals surface area contributed by atoms with Crippen LogP contribution in [0.15, 0.2) is 34.1 Å². The predicted molar refractivity (Wildman–Crippen MR) is 184 cm³/mol. The van der Waals surface area contributed by atoms with Crippen LogP contribution in [0.4, 0.5) is 0 Å². The van der Waals surface area contributed by atoms with Crippen LogP contribution in [-0.4, -0.2) is 88.2 Å². The largest absolute Gasteiger partial charge is 0.314 e. The first kappa shape index (κ1) is 36.0. The fourth-order valence-electron chi connectivity index (χ4n) is 7.55. The number of nitrogens with one attached hydrogen (secondary N) is 1. The molecule has 2 saturated heterocycles. The Morgan fingerprint density at radius 3 is 1.62 bits per heavy atom. The Balaban J connectivity index is 1.67. The van der Waals surface area contributed by atoms with Gasteiger partial charge in [-0.05, 0) is 102 Å². The molecule has 1 N–H and O–H groups in total. The summed E-state index contributed by atoms with van der Waals surface area (Å²) in [5.41, 5.74) is 4.68. The second-order valence-electron chi connectivity index (χ2n) is 13.2. The summed E-state index contributed by atoms with van der Waals surface area (Å²) in [6.07, 6.45) is 5.73. The van der Waals surface area contributed by atoms with Gasteiger partial charge in [0.25, 0.3) is 0 Å². The minimum atomic E-state index is -3.79. The van der Waals surface area contributed by atoms with Crippen LogP contribution in [0.5, 0.6) is 0 Å². The van der Waals surface area contributed by atoms with E-state index in [1.165, 1.54) is 0 Å². The molecule has 0 amide bonds.